The maximum Gasteiger partial charge on any atom is 0.254 e. The van der Waals surface area contributed by atoms with Gasteiger partial charge in [-0.1, -0.05) is 29.8 Å². The fraction of sp³-hybridized carbons (Fsp3) is 0.188. The van der Waals surface area contributed by atoms with E-state index in [1.54, 1.807) is 36.2 Å². The van der Waals surface area contributed by atoms with Gasteiger partial charge in [0.1, 0.15) is 0 Å². The Morgan fingerprint density at radius 1 is 1.20 bits per heavy atom. The van der Waals surface area contributed by atoms with Crippen LogP contribution in [-0.2, 0) is 0 Å². The number of nitrogens with two attached hydrogens (primary N) is 1. The topological polar surface area (TPSA) is 46.3 Å². The van der Waals surface area contributed by atoms with Crippen LogP contribution in [0, 0.1) is 0 Å². The summed E-state index contributed by atoms with van der Waals surface area (Å²) in [6.07, 6.45) is 0. The molecule has 0 aliphatic rings. The summed E-state index contributed by atoms with van der Waals surface area (Å²) in [6, 6.07) is 14.4. The van der Waals surface area contributed by atoms with Crippen molar-refractivity contribution in [2.75, 3.05) is 12.8 Å². The van der Waals surface area contributed by atoms with Gasteiger partial charge in [-0.2, -0.15) is 0 Å². The standard InChI is InChI=1S/C16H17ClN2O/c1-11(12-5-4-8-15(18)10-12)19(2)16(20)13-6-3-7-14(17)9-13/h3-11H,18H2,1-2H3. The van der Waals surface area contributed by atoms with Crippen LogP contribution in [0.5, 0.6) is 0 Å². The van der Waals surface area contributed by atoms with Crippen molar-refractivity contribution in [2.45, 2.75) is 13.0 Å². The zero-order chi connectivity index (χ0) is 14.7. The summed E-state index contributed by atoms with van der Waals surface area (Å²) in [5.74, 6) is -0.0672. The molecule has 0 radical (unpaired) electrons. The van der Waals surface area contributed by atoms with Gasteiger partial charge in [-0.05, 0) is 42.8 Å². The van der Waals surface area contributed by atoms with E-state index >= 15 is 0 Å². The molecule has 20 heavy (non-hydrogen) atoms. The molecule has 2 N–H and O–H groups in total. The van der Waals surface area contributed by atoms with E-state index in [1.807, 2.05) is 31.2 Å². The van der Waals surface area contributed by atoms with Gasteiger partial charge < -0.3 is 10.6 Å². The van der Waals surface area contributed by atoms with E-state index in [-0.39, 0.29) is 11.9 Å². The van der Waals surface area contributed by atoms with E-state index in [1.165, 1.54) is 0 Å². The largest absolute Gasteiger partial charge is 0.399 e. The van der Waals surface area contributed by atoms with Gasteiger partial charge in [0, 0.05) is 23.3 Å². The molecule has 0 saturated heterocycles. The minimum absolute atomic E-state index is 0.0648. The maximum atomic E-state index is 12.4. The van der Waals surface area contributed by atoms with Gasteiger partial charge in [-0.25, -0.2) is 0 Å². The second kappa shape index (κ2) is 5.97. The summed E-state index contributed by atoms with van der Waals surface area (Å²) in [5, 5.41) is 0.556. The van der Waals surface area contributed by atoms with Crippen LogP contribution in [0.2, 0.25) is 5.02 Å². The first-order valence-corrected chi connectivity index (χ1v) is 6.75. The van der Waals surface area contributed by atoms with Crippen LogP contribution in [-0.4, -0.2) is 17.9 Å². The number of nitrogens with zero attached hydrogens (tertiary/aromatic N) is 1. The molecule has 2 aromatic rings. The first-order valence-electron chi connectivity index (χ1n) is 6.37. The molecule has 0 aliphatic carbocycles. The summed E-state index contributed by atoms with van der Waals surface area (Å²) in [6.45, 7) is 1.97. The van der Waals surface area contributed by atoms with Crippen LogP contribution in [0.4, 0.5) is 5.69 Å². The van der Waals surface area contributed by atoms with Gasteiger partial charge in [0.2, 0.25) is 0 Å². The Labute approximate surface area is 124 Å². The molecule has 3 nitrogen and oxygen atoms in total. The molecule has 0 spiro atoms. The van der Waals surface area contributed by atoms with Crippen molar-refractivity contribution in [1.29, 1.82) is 0 Å². The Kier molecular flexibility index (Phi) is 4.30. The predicted octanol–water partition coefficient (Wildman–Crippen LogP) is 3.76. The van der Waals surface area contributed by atoms with Gasteiger partial charge in [-0.15, -0.1) is 0 Å². The molecule has 1 amide bonds. The van der Waals surface area contributed by atoms with E-state index in [2.05, 4.69) is 0 Å². The van der Waals surface area contributed by atoms with Crippen molar-refractivity contribution in [1.82, 2.24) is 4.90 Å². The third-order valence-electron chi connectivity index (χ3n) is 3.37. The molecule has 0 aliphatic heterocycles. The Morgan fingerprint density at radius 3 is 2.55 bits per heavy atom. The monoisotopic (exact) mass is 288 g/mol. The van der Waals surface area contributed by atoms with Gasteiger partial charge >= 0.3 is 0 Å². The van der Waals surface area contributed by atoms with E-state index in [9.17, 15) is 4.79 Å². The highest BCUT2D eigenvalue weighted by molar-refractivity contribution is 6.30. The fourth-order valence-corrected chi connectivity index (χ4v) is 2.23. The maximum absolute atomic E-state index is 12.4. The molecule has 1 unspecified atom stereocenters. The molecule has 2 aromatic carbocycles. The van der Waals surface area contributed by atoms with E-state index in [4.69, 9.17) is 17.3 Å². The molecule has 0 saturated carbocycles. The van der Waals surface area contributed by atoms with E-state index in [0.29, 0.717) is 16.3 Å². The van der Waals surface area contributed by atoms with Crippen molar-refractivity contribution >= 4 is 23.2 Å². The molecule has 0 aromatic heterocycles. The second-order valence-electron chi connectivity index (χ2n) is 4.77. The summed E-state index contributed by atoms with van der Waals surface area (Å²) < 4.78 is 0. The van der Waals surface area contributed by atoms with Crippen LogP contribution in [0.25, 0.3) is 0 Å². The minimum Gasteiger partial charge on any atom is -0.399 e. The third kappa shape index (κ3) is 3.11. The van der Waals surface area contributed by atoms with Crippen molar-refractivity contribution in [3.8, 4) is 0 Å². The van der Waals surface area contributed by atoms with Gasteiger partial charge in [-0.3, -0.25) is 4.79 Å². The third-order valence-corrected chi connectivity index (χ3v) is 3.60. The molecule has 0 bridgehead atoms. The number of hydrogen-bond donors (Lipinski definition) is 1. The van der Waals surface area contributed by atoms with Gasteiger partial charge in [0.15, 0.2) is 0 Å². The lowest BCUT2D eigenvalue weighted by Crippen LogP contribution is -2.29. The van der Waals surface area contributed by atoms with Crippen LogP contribution < -0.4 is 5.73 Å². The molecular formula is C16H17ClN2O. The van der Waals surface area contributed by atoms with Crippen molar-refractivity contribution < 1.29 is 4.79 Å². The Hall–Kier alpha value is -2.00. The average Bonchev–Trinajstić information content (AvgIpc) is 2.45. The predicted molar refractivity (Wildman–Crippen MR) is 82.8 cm³/mol. The van der Waals surface area contributed by atoms with Crippen LogP contribution in [0.15, 0.2) is 48.5 Å². The van der Waals surface area contributed by atoms with Crippen molar-refractivity contribution in [3.63, 3.8) is 0 Å². The highest BCUT2D eigenvalue weighted by Gasteiger charge is 2.19. The van der Waals surface area contributed by atoms with Crippen molar-refractivity contribution in [2.24, 2.45) is 0 Å². The number of carbonyl (C=O) groups excluding carboxylic acids is 1. The van der Waals surface area contributed by atoms with Crippen LogP contribution in [0.3, 0.4) is 0 Å². The number of benzene rings is 2. The normalized spacial score (nSPS) is 11.9. The summed E-state index contributed by atoms with van der Waals surface area (Å²) >= 11 is 5.92. The highest BCUT2D eigenvalue weighted by atomic mass is 35.5. The number of amides is 1. The zero-order valence-corrected chi connectivity index (χ0v) is 12.3. The molecule has 0 heterocycles. The van der Waals surface area contributed by atoms with Crippen LogP contribution >= 0.6 is 11.6 Å². The van der Waals surface area contributed by atoms with Crippen molar-refractivity contribution in [3.05, 3.63) is 64.7 Å². The van der Waals surface area contributed by atoms with E-state index < -0.39 is 0 Å². The number of halogens is 1. The quantitative estimate of drug-likeness (QED) is 0.874. The number of hydrogen-bond acceptors (Lipinski definition) is 2. The lowest BCUT2D eigenvalue weighted by molar-refractivity contribution is 0.0742. The average molecular weight is 289 g/mol. The first-order chi connectivity index (χ1) is 9.49. The molecule has 1 atom stereocenters. The number of nitrogen functional groups attached to an aromatic ring is 1. The number of rotatable bonds is 3. The number of anilines is 1. The minimum atomic E-state index is -0.0672. The molecule has 104 valence electrons. The molecule has 2 rings (SSSR count). The molecular weight excluding hydrogens is 272 g/mol. The Balaban J connectivity index is 2.22. The number of carbonyl (C=O) groups is 1. The second-order valence-corrected chi connectivity index (χ2v) is 5.21. The zero-order valence-electron chi connectivity index (χ0n) is 11.5. The lowest BCUT2D eigenvalue weighted by atomic mass is 10.1. The molecule has 0 fully saturated rings. The highest BCUT2D eigenvalue weighted by Crippen LogP contribution is 2.23. The Bertz CT molecular complexity index is 627. The SMILES string of the molecule is CC(c1cccc(N)c1)N(C)C(=O)c1cccc(Cl)c1. The lowest BCUT2D eigenvalue weighted by Gasteiger charge is -2.25. The van der Waals surface area contributed by atoms with Gasteiger partial charge in [0.05, 0.1) is 6.04 Å². The summed E-state index contributed by atoms with van der Waals surface area (Å²) in [4.78, 5) is 14.1. The Morgan fingerprint density at radius 2 is 1.90 bits per heavy atom. The van der Waals surface area contributed by atoms with Gasteiger partial charge in [0.25, 0.3) is 5.91 Å². The smallest absolute Gasteiger partial charge is 0.254 e. The summed E-state index contributed by atoms with van der Waals surface area (Å²) in [5.41, 5.74) is 8.06. The summed E-state index contributed by atoms with van der Waals surface area (Å²) in [7, 11) is 1.77. The van der Waals surface area contributed by atoms with E-state index in [0.717, 1.165) is 5.56 Å². The first kappa shape index (κ1) is 14.4. The molecule has 4 heteroatoms. The van der Waals surface area contributed by atoms with Crippen LogP contribution in [0.1, 0.15) is 28.9 Å². The fourth-order valence-electron chi connectivity index (χ4n) is 2.04.